The van der Waals surface area contributed by atoms with E-state index >= 15 is 0 Å². The van der Waals surface area contributed by atoms with Gasteiger partial charge in [-0.05, 0) is 31.0 Å². The molecule has 1 aromatic heterocycles. The van der Waals surface area contributed by atoms with Gasteiger partial charge in [0.05, 0.1) is 6.26 Å². The lowest BCUT2D eigenvalue weighted by Crippen LogP contribution is -2.30. The Hall–Kier alpha value is -1.72. The largest absolute Gasteiger partial charge is 0.467 e. The summed E-state index contributed by atoms with van der Waals surface area (Å²) in [6, 6.07) is 4.04. The Labute approximate surface area is 104 Å². The molecule has 0 amide bonds. The quantitative estimate of drug-likeness (QED) is 0.652. The molecule has 0 saturated heterocycles. The van der Waals surface area contributed by atoms with E-state index in [4.69, 9.17) is 10.3 Å². The Morgan fingerprint density at radius 1 is 1.11 bits per heavy atom. The van der Waals surface area contributed by atoms with Gasteiger partial charge < -0.3 is 4.42 Å². The van der Waals surface area contributed by atoms with Crippen LogP contribution in [0.25, 0.3) is 0 Å². The molecule has 96 valence electrons. The Morgan fingerprint density at radius 3 is 2.39 bits per heavy atom. The van der Waals surface area contributed by atoms with Crippen LogP contribution >= 0.6 is 0 Å². The van der Waals surface area contributed by atoms with Crippen LogP contribution in [0.2, 0.25) is 0 Å². The Balaban J connectivity index is 2.53. The van der Waals surface area contributed by atoms with Gasteiger partial charge in [-0.1, -0.05) is 12.1 Å². The standard InChI is InChI=1S/C13H14F2N2O/c1-7-3-4-9(11(15)10(7)14)12(17-16)13-8(2)5-6-18-13/h3-6,12,17H,16H2,1-2H3. The Morgan fingerprint density at radius 2 is 1.83 bits per heavy atom. The summed E-state index contributed by atoms with van der Waals surface area (Å²) >= 11 is 0. The highest BCUT2D eigenvalue weighted by Crippen LogP contribution is 2.28. The molecule has 1 unspecified atom stereocenters. The number of nitrogens with one attached hydrogen (secondary N) is 1. The summed E-state index contributed by atoms with van der Waals surface area (Å²) in [7, 11) is 0. The zero-order valence-corrected chi connectivity index (χ0v) is 10.1. The number of hydrogen-bond donors (Lipinski definition) is 2. The first-order chi connectivity index (χ1) is 8.56. The van der Waals surface area contributed by atoms with Crippen molar-refractivity contribution in [2.75, 3.05) is 0 Å². The van der Waals surface area contributed by atoms with Gasteiger partial charge in [0.1, 0.15) is 11.8 Å². The zero-order valence-electron chi connectivity index (χ0n) is 10.1. The van der Waals surface area contributed by atoms with E-state index < -0.39 is 17.7 Å². The van der Waals surface area contributed by atoms with Crippen LogP contribution in [-0.2, 0) is 0 Å². The molecule has 0 bridgehead atoms. The van der Waals surface area contributed by atoms with Crippen molar-refractivity contribution in [3.8, 4) is 0 Å². The van der Waals surface area contributed by atoms with Crippen LogP contribution in [0.4, 0.5) is 8.78 Å². The van der Waals surface area contributed by atoms with Gasteiger partial charge in [0.25, 0.3) is 0 Å². The van der Waals surface area contributed by atoms with Gasteiger partial charge in [0.15, 0.2) is 11.6 Å². The van der Waals surface area contributed by atoms with Crippen molar-refractivity contribution in [2.24, 2.45) is 5.84 Å². The molecule has 1 heterocycles. The number of benzene rings is 1. The Kier molecular flexibility index (Phi) is 3.45. The summed E-state index contributed by atoms with van der Waals surface area (Å²) in [6.45, 7) is 3.32. The molecule has 1 atom stereocenters. The minimum absolute atomic E-state index is 0.124. The number of hydrogen-bond acceptors (Lipinski definition) is 3. The molecule has 2 aromatic rings. The minimum atomic E-state index is -0.909. The monoisotopic (exact) mass is 252 g/mol. The second kappa shape index (κ2) is 4.88. The third-order valence-corrected chi connectivity index (χ3v) is 2.95. The van der Waals surface area contributed by atoms with Crippen molar-refractivity contribution in [1.82, 2.24) is 5.43 Å². The number of furan rings is 1. The van der Waals surface area contributed by atoms with Crippen LogP contribution < -0.4 is 11.3 Å². The molecule has 0 saturated carbocycles. The summed E-state index contributed by atoms with van der Waals surface area (Å²) in [6.07, 6.45) is 1.48. The van der Waals surface area contributed by atoms with Crippen molar-refractivity contribution in [3.63, 3.8) is 0 Å². The van der Waals surface area contributed by atoms with Crippen molar-refractivity contribution < 1.29 is 13.2 Å². The van der Waals surface area contributed by atoms with E-state index in [9.17, 15) is 8.78 Å². The van der Waals surface area contributed by atoms with Crippen LogP contribution in [0.5, 0.6) is 0 Å². The van der Waals surface area contributed by atoms with Crippen LogP contribution in [0.1, 0.15) is 28.5 Å². The lowest BCUT2D eigenvalue weighted by molar-refractivity contribution is 0.426. The average Bonchev–Trinajstić information content (AvgIpc) is 2.77. The lowest BCUT2D eigenvalue weighted by Gasteiger charge is -2.16. The first kappa shape index (κ1) is 12.7. The first-order valence-electron chi connectivity index (χ1n) is 5.51. The minimum Gasteiger partial charge on any atom is -0.467 e. The van der Waals surface area contributed by atoms with Gasteiger partial charge in [0, 0.05) is 5.56 Å². The van der Waals surface area contributed by atoms with Crippen molar-refractivity contribution in [2.45, 2.75) is 19.9 Å². The van der Waals surface area contributed by atoms with Crippen LogP contribution in [0.15, 0.2) is 28.9 Å². The van der Waals surface area contributed by atoms with Gasteiger partial charge in [-0.25, -0.2) is 14.2 Å². The molecule has 0 aliphatic heterocycles. The molecular formula is C13H14F2N2O. The SMILES string of the molecule is Cc1ccoc1C(NN)c1ccc(C)c(F)c1F. The molecular weight excluding hydrogens is 238 g/mol. The summed E-state index contributed by atoms with van der Waals surface area (Å²) in [5, 5.41) is 0. The van der Waals surface area contributed by atoms with E-state index in [-0.39, 0.29) is 11.1 Å². The number of halogens is 2. The number of nitrogens with two attached hydrogens (primary N) is 1. The van der Waals surface area contributed by atoms with E-state index in [2.05, 4.69) is 5.43 Å². The summed E-state index contributed by atoms with van der Waals surface area (Å²) < 4.78 is 32.7. The van der Waals surface area contributed by atoms with Gasteiger partial charge in [-0.15, -0.1) is 0 Å². The zero-order chi connectivity index (χ0) is 13.3. The highest BCUT2D eigenvalue weighted by molar-refractivity contribution is 5.34. The number of rotatable bonds is 3. The van der Waals surface area contributed by atoms with Gasteiger partial charge >= 0.3 is 0 Å². The van der Waals surface area contributed by atoms with Gasteiger partial charge in [0.2, 0.25) is 0 Å². The first-order valence-corrected chi connectivity index (χ1v) is 5.51. The fourth-order valence-electron chi connectivity index (χ4n) is 1.87. The second-order valence-electron chi connectivity index (χ2n) is 4.17. The van der Waals surface area contributed by atoms with Crippen LogP contribution in [0, 0.1) is 25.5 Å². The second-order valence-corrected chi connectivity index (χ2v) is 4.17. The number of hydrazine groups is 1. The smallest absolute Gasteiger partial charge is 0.164 e. The fraction of sp³-hybridized carbons (Fsp3) is 0.231. The maximum Gasteiger partial charge on any atom is 0.164 e. The van der Waals surface area contributed by atoms with E-state index in [0.717, 1.165) is 5.56 Å². The maximum absolute atomic E-state index is 13.9. The third-order valence-electron chi connectivity index (χ3n) is 2.95. The normalized spacial score (nSPS) is 12.7. The summed E-state index contributed by atoms with van der Waals surface area (Å²) in [5.74, 6) is 4.12. The predicted molar refractivity (Wildman–Crippen MR) is 63.7 cm³/mol. The van der Waals surface area contributed by atoms with Crippen molar-refractivity contribution in [3.05, 3.63) is 58.5 Å². The highest BCUT2D eigenvalue weighted by atomic mass is 19.2. The molecule has 3 N–H and O–H groups in total. The summed E-state index contributed by atoms with van der Waals surface area (Å²) in [5.41, 5.74) is 3.64. The highest BCUT2D eigenvalue weighted by Gasteiger charge is 2.23. The molecule has 1 aromatic carbocycles. The van der Waals surface area contributed by atoms with Crippen molar-refractivity contribution in [1.29, 1.82) is 0 Å². The molecule has 18 heavy (non-hydrogen) atoms. The topological polar surface area (TPSA) is 51.2 Å². The predicted octanol–water partition coefficient (Wildman–Crippen LogP) is 2.73. The molecule has 0 radical (unpaired) electrons. The lowest BCUT2D eigenvalue weighted by atomic mass is 10.0. The van der Waals surface area contributed by atoms with Gasteiger partial charge in [-0.2, -0.15) is 0 Å². The van der Waals surface area contributed by atoms with E-state index in [0.29, 0.717) is 5.76 Å². The van der Waals surface area contributed by atoms with Crippen LogP contribution in [-0.4, -0.2) is 0 Å². The molecule has 5 heteroatoms. The molecule has 2 rings (SSSR count). The molecule has 0 fully saturated rings. The maximum atomic E-state index is 13.9. The molecule has 0 aliphatic rings. The van der Waals surface area contributed by atoms with E-state index in [1.165, 1.54) is 25.3 Å². The van der Waals surface area contributed by atoms with Crippen LogP contribution in [0.3, 0.4) is 0 Å². The van der Waals surface area contributed by atoms with Gasteiger partial charge in [-0.3, -0.25) is 5.84 Å². The summed E-state index contributed by atoms with van der Waals surface area (Å²) in [4.78, 5) is 0. The van der Waals surface area contributed by atoms with Crippen molar-refractivity contribution >= 4 is 0 Å². The molecule has 3 nitrogen and oxygen atoms in total. The average molecular weight is 252 g/mol. The third kappa shape index (κ3) is 2.02. The fourth-order valence-corrected chi connectivity index (χ4v) is 1.87. The van der Waals surface area contributed by atoms with E-state index in [1.54, 1.807) is 6.07 Å². The Bertz CT molecular complexity index is 566. The molecule has 0 spiro atoms. The molecule has 0 aliphatic carbocycles. The van der Waals surface area contributed by atoms with E-state index in [1.807, 2.05) is 6.92 Å². The number of aryl methyl sites for hydroxylation is 2.